The summed E-state index contributed by atoms with van der Waals surface area (Å²) in [5.74, 6) is -0.757. The van der Waals surface area contributed by atoms with Crippen LogP contribution in [0.5, 0.6) is 0 Å². The van der Waals surface area contributed by atoms with E-state index < -0.39 is 211 Å². The van der Waals surface area contributed by atoms with Gasteiger partial charge in [0.25, 0.3) is 0 Å². The second-order valence-electron chi connectivity index (χ2n) is 16.7. The second-order valence-corrected chi connectivity index (χ2v) is 16.7. The molecule has 5 fully saturated rings. The van der Waals surface area contributed by atoms with Crippen LogP contribution in [0.1, 0.15) is 6.92 Å². The van der Waals surface area contributed by atoms with Crippen molar-refractivity contribution in [1.29, 1.82) is 0 Å². The highest BCUT2D eigenvalue weighted by Gasteiger charge is 2.54. The van der Waals surface area contributed by atoms with Crippen LogP contribution in [0.3, 0.4) is 0 Å². The SMILES string of the molecule is C[C@H]1O[C@H](O[C@H]2[C@H](O)[C@@H](O)[C@@H](O[C@H]3[C@H](O)[C@@H](O)[C@@H](O)O[C@@H]3CO)O[C@@H]2CO)[C@H](O)[C@@H](O)[C@@H]1N.OC[C@H]1C=C[C@H](O)[C@@H](O)[C@@H]1O[C@H]1O[C@H](CO)[C@@H](O[C@H]2O[C@H](CO)[C@@H](O)[C@H](O)[C@H]2O)[C@H](O)[C@H]1O. The van der Waals surface area contributed by atoms with E-state index in [1.165, 1.54) is 19.1 Å². The van der Waals surface area contributed by atoms with Crippen LogP contribution in [0.2, 0.25) is 0 Å². The Morgan fingerprint density at radius 2 is 0.758 bits per heavy atom. The summed E-state index contributed by atoms with van der Waals surface area (Å²) in [5.41, 5.74) is 5.73. The number of aliphatic hydroxyl groups is 19. The van der Waals surface area contributed by atoms with E-state index in [2.05, 4.69) is 0 Å². The van der Waals surface area contributed by atoms with Gasteiger partial charge in [0.15, 0.2) is 31.5 Å². The zero-order chi connectivity index (χ0) is 49.1. The Labute approximate surface area is 375 Å². The molecule has 0 unspecified atom stereocenters. The molecule has 1 aliphatic carbocycles. The number of aliphatic hydroxyl groups excluding tert-OH is 19. The molecule has 5 heterocycles. The second kappa shape index (κ2) is 24.1. The van der Waals surface area contributed by atoms with Crippen molar-refractivity contribution >= 4 is 0 Å². The van der Waals surface area contributed by atoms with E-state index >= 15 is 0 Å². The lowest BCUT2D eigenvalue weighted by atomic mass is 9.88. The fourth-order valence-electron chi connectivity index (χ4n) is 8.14. The molecule has 0 bridgehead atoms. The van der Waals surface area contributed by atoms with Crippen LogP contribution < -0.4 is 5.73 Å². The summed E-state index contributed by atoms with van der Waals surface area (Å²) in [5, 5.41) is 190. The Kier molecular flexibility index (Phi) is 20.3. The van der Waals surface area contributed by atoms with Gasteiger partial charge in [0.1, 0.15) is 122 Å². The van der Waals surface area contributed by atoms with E-state index in [0.717, 1.165) is 0 Å². The molecule has 29 nitrogen and oxygen atoms in total. The average molecular weight is 972 g/mol. The number of rotatable bonds is 13. The largest absolute Gasteiger partial charge is 0.396 e. The van der Waals surface area contributed by atoms with E-state index in [1.54, 1.807) is 0 Å². The van der Waals surface area contributed by atoms with Crippen LogP contribution in [-0.2, 0) is 42.6 Å². The third-order valence-electron chi connectivity index (χ3n) is 12.3. The molecule has 29 heteroatoms. The first-order valence-corrected chi connectivity index (χ1v) is 21.1. The maximum atomic E-state index is 10.6. The van der Waals surface area contributed by atoms with Gasteiger partial charge < -0.3 is 145 Å². The fourth-order valence-corrected chi connectivity index (χ4v) is 8.14. The Morgan fingerprint density at radius 3 is 1.21 bits per heavy atom. The van der Waals surface area contributed by atoms with E-state index in [1.807, 2.05) is 0 Å². The van der Waals surface area contributed by atoms with Crippen molar-refractivity contribution in [2.24, 2.45) is 11.7 Å². The molecule has 6 rings (SSSR count). The number of hydrogen-bond donors (Lipinski definition) is 20. The minimum Gasteiger partial charge on any atom is -0.396 e. The number of nitrogens with two attached hydrogens (primary N) is 1. The molecule has 386 valence electrons. The number of hydrogen-bond acceptors (Lipinski definition) is 29. The van der Waals surface area contributed by atoms with Gasteiger partial charge in [-0.1, -0.05) is 12.2 Å². The van der Waals surface area contributed by atoms with Crippen LogP contribution in [0.25, 0.3) is 0 Å². The van der Waals surface area contributed by atoms with Gasteiger partial charge in [-0.15, -0.1) is 0 Å². The van der Waals surface area contributed by atoms with Crippen LogP contribution in [0.15, 0.2) is 12.2 Å². The van der Waals surface area contributed by atoms with Gasteiger partial charge in [-0.05, 0) is 6.92 Å². The molecule has 0 saturated carbocycles. The highest BCUT2D eigenvalue weighted by molar-refractivity contribution is 5.08. The summed E-state index contributed by atoms with van der Waals surface area (Å²) in [6, 6.07) is -0.901. The molecule has 0 aromatic carbocycles. The maximum Gasteiger partial charge on any atom is 0.187 e. The van der Waals surface area contributed by atoms with Crippen molar-refractivity contribution in [3.05, 3.63) is 12.2 Å². The smallest absolute Gasteiger partial charge is 0.187 e. The van der Waals surface area contributed by atoms with Gasteiger partial charge in [0.05, 0.1) is 51.3 Å². The zero-order valence-corrected chi connectivity index (χ0v) is 35.2. The van der Waals surface area contributed by atoms with Crippen LogP contribution in [0, 0.1) is 5.92 Å². The minimum absolute atomic E-state index is 0.456. The van der Waals surface area contributed by atoms with Gasteiger partial charge in [-0.25, -0.2) is 0 Å². The summed E-state index contributed by atoms with van der Waals surface area (Å²) in [6.07, 6.45) is -38.9. The Hall–Kier alpha value is -1.42. The zero-order valence-electron chi connectivity index (χ0n) is 35.2. The van der Waals surface area contributed by atoms with Gasteiger partial charge in [0.2, 0.25) is 0 Å². The third-order valence-corrected chi connectivity index (χ3v) is 12.3. The van der Waals surface area contributed by atoms with E-state index in [9.17, 15) is 97.0 Å². The lowest BCUT2D eigenvalue weighted by Gasteiger charge is -2.47. The highest BCUT2D eigenvalue weighted by Crippen LogP contribution is 2.34. The fraction of sp³-hybridized carbons (Fsp3) is 0.946. The van der Waals surface area contributed by atoms with E-state index in [-0.39, 0.29) is 0 Å². The molecule has 0 aromatic rings. The lowest BCUT2D eigenvalue weighted by molar-refractivity contribution is -0.373. The average Bonchev–Trinajstić information content (AvgIpc) is 3.30. The maximum absolute atomic E-state index is 10.6. The molecule has 21 N–H and O–H groups in total. The monoisotopic (exact) mass is 971 g/mol. The normalized spacial score (nSPS) is 52.3. The van der Waals surface area contributed by atoms with Crippen molar-refractivity contribution in [3.63, 3.8) is 0 Å². The molecule has 29 atom stereocenters. The Bertz CT molecular complexity index is 1490. The van der Waals surface area contributed by atoms with Crippen LogP contribution in [0.4, 0.5) is 0 Å². The first kappa shape index (κ1) is 55.5. The summed E-state index contributed by atoms with van der Waals surface area (Å²) in [4.78, 5) is 0. The molecule has 0 radical (unpaired) electrons. The number of ether oxygens (including phenoxy) is 9. The molecule has 6 aliphatic rings. The summed E-state index contributed by atoms with van der Waals surface area (Å²) >= 11 is 0. The molecule has 0 amide bonds. The Morgan fingerprint density at radius 1 is 0.379 bits per heavy atom. The standard InChI is InChI=1S/C19H32O14.C18H33NO14/c20-3-6-1-2-7(23)10(24)16(6)32-19-15(29)13(27)17(9(5-22)31-19)33-18-14(28)12(26)11(25)8(4-21)30-18;1-4-7(19)8(22)12(26)17(29-4)32-15-6(3-21)31-18(13(27)10(15)24)33-14-5(2-20)30-16(28)11(25)9(14)23/h1-2,6-29H,3-5H2;4-18,20-28H,2-3,19H2,1H3/t6-,7+,8-,9-,10-,11-,12+,13-,14-,15-,16-,17-,18-,19-;4-,5-,6-,7-,8+,9-,10-,11-,12-,13-,14-,15-,16+,17-,18-/m11/s1. The van der Waals surface area contributed by atoms with Crippen molar-refractivity contribution in [1.82, 2.24) is 0 Å². The minimum atomic E-state index is -1.83. The molecule has 5 saturated heterocycles. The van der Waals surface area contributed by atoms with Gasteiger partial charge in [-0.3, -0.25) is 0 Å². The van der Waals surface area contributed by atoms with Gasteiger partial charge in [-0.2, -0.15) is 0 Å². The highest BCUT2D eigenvalue weighted by atomic mass is 16.8. The predicted octanol–water partition coefficient (Wildman–Crippen LogP) is -12.7. The van der Waals surface area contributed by atoms with Gasteiger partial charge in [0, 0.05) is 5.92 Å². The van der Waals surface area contributed by atoms with Crippen LogP contribution >= 0.6 is 0 Å². The first-order valence-electron chi connectivity index (χ1n) is 21.1. The molecular weight excluding hydrogens is 906 g/mol. The molecule has 0 aromatic heterocycles. The van der Waals surface area contributed by atoms with Crippen molar-refractivity contribution in [2.45, 2.75) is 179 Å². The third kappa shape index (κ3) is 11.8. The molecular formula is C37H65NO28. The van der Waals surface area contributed by atoms with E-state index in [0.29, 0.717) is 0 Å². The van der Waals surface area contributed by atoms with Crippen LogP contribution in [-0.4, -0.2) is 302 Å². The van der Waals surface area contributed by atoms with Crippen molar-refractivity contribution in [3.8, 4) is 0 Å². The van der Waals surface area contributed by atoms with Gasteiger partial charge >= 0.3 is 0 Å². The Balaban J connectivity index is 0.000000247. The summed E-state index contributed by atoms with van der Waals surface area (Å²) in [6.45, 7) is -1.87. The van der Waals surface area contributed by atoms with Crippen molar-refractivity contribution in [2.75, 3.05) is 33.0 Å². The molecule has 0 spiro atoms. The van der Waals surface area contributed by atoms with E-state index in [4.69, 9.17) is 48.4 Å². The predicted molar refractivity (Wildman–Crippen MR) is 205 cm³/mol. The lowest BCUT2D eigenvalue weighted by Crippen LogP contribution is -2.66. The van der Waals surface area contributed by atoms with Crippen molar-refractivity contribution < 1.29 is 140 Å². The molecule has 66 heavy (non-hydrogen) atoms. The summed E-state index contributed by atoms with van der Waals surface area (Å²) in [7, 11) is 0. The quantitative estimate of drug-likeness (QED) is 0.0762. The topological polar surface area (TPSA) is 493 Å². The summed E-state index contributed by atoms with van der Waals surface area (Å²) < 4.78 is 48.5. The molecule has 5 aliphatic heterocycles. The first-order chi connectivity index (χ1) is 31.1.